The normalized spacial score (nSPS) is 19.1. The van der Waals surface area contributed by atoms with Gasteiger partial charge in [-0.1, -0.05) is 6.92 Å². The molecule has 0 aromatic heterocycles. The SMILES string of the molecule is CCC1(C(=O)NC(CCC(N)=O)C(=O)O)CCNCC1. The van der Waals surface area contributed by atoms with Crippen molar-refractivity contribution in [2.45, 2.75) is 45.1 Å². The smallest absolute Gasteiger partial charge is 0.326 e. The summed E-state index contributed by atoms with van der Waals surface area (Å²) in [6.45, 7) is 3.44. The van der Waals surface area contributed by atoms with Gasteiger partial charge in [-0.15, -0.1) is 0 Å². The first kappa shape index (κ1) is 16.4. The van der Waals surface area contributed by atoms with Gasteiger partial charge >= 0.3 is 5.97 Å². The summed E-state index contributed by atoms with van der Waals surface area (Å²) in [6, 6.07) is -1.06. The summed E-state index contributed by atoms with van der Waals surface area (Å²) >= 11 is 0. The number of hydrogen-bond acceptors (Lipinski definition) is 4. The molecule has 0 aromatic carbocycles. The van der Waals surface area contributed by atoms with Crippen LogP contribution in [0, 0.1) is 5.41 Å². The number of carbonyl (C=O) groups is 3. The zero-order valence-corrected chi connectivity index (χ0v) is 11.8. The van der Waals surface area contributed by atoms with Gasteiger partial charge in [-0.25, -0.2) is 4.79 Å². The van der Waals surface area contributed by atoms with Gasteiger partial charge in [0, 0.05) is 6.42 Å². The Morgan fingerprint density at radius 3 is 2.40 bits per heavy atom. The Balaban J connectivity index is 2.68. The first-order valence-corrected chi connectivity index (χ1v) is 6.94. The average Bonchev–Trinajstić information content (AvgIpc) is 2.43. The van der Waals surface area contributed by atoms with Crippen molar-refractivity contribution in [2.75, 3.05) is 13.1 Å². The van der Waals surface area contributed by atoms with E-state index in [2.05, 4.69) is 10.6 Å². The summed E-state index contributed by atoms with van der Waals surface area (Å²) in [5.41, 5.74) is 4.51. The van der Waals surface area contributed by atoms with Gasteiger partial charge in [0.1, 0.15) is 6.04 Å². The van der Waals surface area contributed by atoms with E-state index in [1.54, 1.807) is 0 Å². The number of carboxylic acid groups (broad SMARTS) is 1. The Bertz CT molecular complexity index is 378. The topological polar surface area (TPSA) is 122 Å². The van der Waals surface area contributed by atoms with Crippen molar-refractivity contribution in [1.82, 2.24) is 10.6 Å². The van der Waals surface area contributed by atoms with Crippen LogP contribution in [0.3, 0.4) is 0 Å². The number of rotatable bonds is 7. The molecule has 0 radical (unpaired) electrons. The third-order valence-electron chi connectivity index (χ3n) is 4.00. The van der Waals surface area contributed by atoms with Crippen molar-refractivity contribution in [3.05, 3.63) is 0 Å². The van der Waals surface area contributed by atoms with Crippen LogP contribution >= 0.6 is 0 Å². The number of primary amides is 1. The van der Waals surface area contributed by atoms with Crippen LogP contribution in [0.4, 0.5) is 0 Å². The van der Waals surface area contributed by atoms with E-state index in [1.165, 1.54) is 0 Å². The van der Waals surface area contributed by atoms with E-state index in [0.29, 0.717) is 19.3 Å². The number of aliphatic carboxylic acids is 1. The number of nitrogens with one attached hydrogen (secondary N) is 2. The lowest BCUT2D eigenvalue weighted by molar-refractivity contribution is -0.145. The first-order valence-electron chi connectivity index (χ1n) is 6.94. The molecule has 7 nitrogen and oxygen atoms in total. The summed E-state index contributed by atoms with van der Waals surface area (Å²) in [5, 5.41) is 14.9. The molecule has 0 saturated carbocycles. The van der Waals surface area contributed by atoms with Gasteiger partial charge in [-0.2, -0.15) is 0 Å². The van der Waals surface area contributed by atoms with E-state index in [0.717, 1.165) is 13.1 Å². The minimum absolute atomic E-state index is 0.0223. The van der Waals surface area contributed by atoms with Gasteiger partial charge in [0.15, 0.2) is 0 Å². The Kier molecular flexibility index (Phi) is 5.94. The third-order valence-corrected chi connectivity index (χ3v) is 4.00. The zero-order valence-electron chi connectivity index (χ0n) is 11.8. The predicted molar refractivity (Wildman–Crippen MR) is 72.8 cm³/mol. The van der Waals surface area contributed by atoms with E-state index in [9.17, 15) is 14.4 Å². The van der Waals surface area contributed by atoms with Gasteiger partial charge < -0.3 is 21.5 Å². The fourth-order valence-corrected chi connectivity index (χ4v) is 2.50. The molecule has 2 amide bonds. The number of piperidine rings is 1. The van der Waals surface area contributed by atoms with E-state index in [1.807, 2.05) is 6.92 Å². The van der Waals surface area contributed by atoms with Crippen LogP contribution in [-0.4, -0.2) is 42.0 Å². The van der Waals surface area contributed by atoms with Crippen molar-refractivity contribution >= 4 is 17.8 Å². The van der Waals surface area contributed by atoms with Crippen LogP contribution in [0.1, 0.15) is 39.0 Å². The summed E-state index contributed by atoms with van der Waals surface area (Å²) in [4.78, 5) is 34.3. The van der Waals surface area contributed by atoms with Crippen LogP contribution in [0.5, 0.6) is 0 Å². The lowest BCUT2D eigenvalue weighted by Crippen LogP contribution is -2.52. The van der Waals surface area contributed by atoms with Crippen LogP contribution < -0.4 is 16.4 Å². The number of hydrogen-bond donors (Lipinski definition) is 4. The highest BCUT2D eigenvalue weighted by molar-refractivity contribution is 5.88. The highest BCUT2D eigenvalue weighted by Gasteiger charge is 2.39. The molecule has 5 N–H and O–H groups in total. The van der Waals surface area contributed by atoms with Crippen molar-refractivity contribution in [3.63, 3.8) is 0 Å². The molecule has 0 aliphatic carbocycles. The Morgan fingerprint density at radius 2 is 1.95 bits per heavy atom. The highest BCUT2D eigenvalue weighted by atomic mass is 16.4. The molecule has 20 heavy (non-hydrogen) atoms. The Hall–Kier alpha value is -1.63. The molecule has 7 heteroatoms. The Labute approximate surface area is 118 Å². The summed E-state index contributed by atoms with van der Waals surface area (Å²) < 4.78 is 0. The molecule has 1 unspecified atom stereocenters. The van der Waals surface area contributed by atoms with E-state index < -0.39 is 23.3 Å². The van der Waals surface area contributed by atoms with Gasteiger partial charge in [0.2, 0.25) is 11.8 Å². The lowest BCUT2D eigenvalue weighted by atomic mass is 9.75. The maximum absolute atomic E-state index is 12.4. The molecule has 1 heterocycles. The van der Waals surface area contributed by atoms with Crippen LogP contribution in [0.2, 0.25) is 0 Å². The molecular weight excluding hydrogens is 262 g/mol. The van der Waals surface area contributed by atoms with E-state index >= 15 is 0 Å². The minimum atomic E-state index is -1.14. The second kappa shape index (κ2) is 7.23. The van der Waals surface area contributed by atoms with Crippen LogP contribution in [-0.2, 0) is 14.4 Å². The monoisotopic (exact) mass is 285 g/mol. The molecule has 1 rings (SSSR count). The van der Waals surface area contributed by atoms with E-state index in [4.69, 9.17) is 10.8 Å². The van der Waals surface area contributed by atoms with Crippen LogP contribution in [0.15, 0.2) is 0 Å². The van der Waals surface area contributed by atoms with Gasteiger partial charge in [-0.3, -0.25) is 9.59 Å². The second-order valence-corrected chi connectivity index (χ2v) is 5.25. The summed E-state index contributed by atoms with van der Waals surface area (Å²) in [6.07, 6.45) is 2.02. The molecule has 0 spiro atoms. The molecule has 1 aliphatic rings. The molecular formula is C13H23N3O4. The van der Waals surface area contributed by atoms with Crippen LogP contribution in [0.25, 0.3) is 0 Å². The fraction of sp³-hybridized carbons (Fsp3) is 0.769. The largest absolute Gasteiger partial charge is 0.480 e. The number of amides is 2. The molecule has 1 atom stereocenters. The molecule has 0 aromatic rings. The zero-order chi connectivity index (χ0) is 15.2. The maximum Gasteiger partial charge on any atom is 0.326 e. The lowest BCUT2D eigenvalue weighted by Gasteiger charge is -2.36. The quantitative estimate of drug-likeness (QED) is 0.507. The minimum Gasteiger partial charge on any atom is -0.480 e. The highest BCUT2D eigenvalue weighted by Crippen LogP contribution is 2.32. The van der Waals surface area contributed by atoms with Gasteiger partial charge in [-0.05, 0) is 38.8 Å². The number of carbonyl (C=O) groups excluding carboxylic acids is 2. The fourth-order valence-electron chi connectivity index (χ4n) is 2.50. The Morgan fingerprint density at radius 1 is 1.35 bits per heavy atom. The number of carboxylic acids is 1. The second-order valence-electron chi connectivity index (χ2n) is 5.25. The third kappa shape index (κ3) is 4.19. The summed E-state index contributed by atoms with van der Waals surface area (Å²) in [7, 11) is 0. The van der Waals surface area contributed by atoms with Gasteiger partial charge in [0.25, 0.3) is 0 Å². The van der Waals surface area contributed by atoms with Crippen molar-refractivity contribution in [2.24, 2.45) is 11.1 Å². The first-order chi connectivity index (χ1) is 9.41. The average molecular weight is 285 g/mol. The number of nitrogens with two attached hydrogens (primary N) is 1. The molecule has 1 fully saturated rings. The van der Waals surface area contributed by atoms with E-state index in [-0.39, 0.29) is 18.7 Å². The predicted octanol–water partition coefficient (Wildman–Crippen LogP) is -0.399. The van der Waals surface area contributed by atoms with Crippen molar-refractivity contribution in [1.29, 1.82) is 0 Å². The summed E-state index contributed by atoms with van der Waals surface area (Å²) in [5.74, 6) is -1.95. The maximum atomic E-state index is 12.4. The van der Waals surface area contributed by atoms with Gasteiger partial charge in [0.05, 0.1) is 5.41 Å². The molecule has 0 bridgehead atoms. The van der Waals surface area contributed by atoms with Crippen molar-refractivity contribution < 1.29 is 19.5 Å². The molecule has 1 aliphatic heterocycles. The van der Waals surface area contributed by atoms with Crippen molar-refractivity contribution in [3.8, 4) is 0 Å². The molecule has 1 saturated heterocycles. The standard InChI is InChI=1S/C13H23N3O4/c1-2-13(5-7-15-8-6-13)12(20)16-9(11(18)19)3-4-10(14)17/h9,15H,2-8H2,1H3,(H2,14,17)(H,16,20)(H,18,19). The molecule has 114 valence electrons.